The number of hydrazone groups is 1. The number of aromatic nitrogens is 1. The maximum Gasteiger partial charge on any atom is 0.318 e. The summed E-state index contributed by atoms with van der Waals surface area (Å²) in [4.78, 5) is 36.5. The molecule has 0 aliphatic rings. The number of nitrogens with zero attached hydrogens (tertiary/aromatic N) is 4. The largest absolute Gasteiger partial charge is 0.493 e. The van der Waals surface area contributed by atoms with Crippen LogP contribution in [0.1, 0.15) is 15.9 Å². The quantitative estimate of drug-likeness (QED) is 0.318. The first-order chi connectivity index (χ1) is 15.4. The van der Waals surface area contributed by atoms with Gasteiger partial charge >= 0.3 is 5.69 Å². The standard InChI is InChI=1S/C20H15N5O7/c1-31-19-9-13(11-22-23-20(26)14-3-2-8-21-12-14)4-6-18(19)32-17-7-5-15(24(27)28)10-16(17)25(29)30/h2-12H,1H3,(H,23,26)/b22-11+. The van der Waals surface area contributed by atoms with E-state index in [2.05, 4.69) is 15.5 Å². The fraction of sp³-hybridized carbons (Fsp3) is 0.0500. The Morgan fingerprint density at radius 3 is 2.50 bits per heavy atom. The number of rotatable bonds is 8. The molecule has 0 radical (unpaired) electrons. The molecule has 0 unspecified atom stereocenters. The maximum absolute atomic E-state index is 12.0. The van der Waals surface area contributed by atoms with E-state index in [0.717, 1.165) is 18.2 Å². The predicted molar refractivity (Wildman–Crippen MR) is 112 cm³/mol. The number of non-ortho nitro benzene ring substituents is 1. The Morgan fingerprint density at radius 1 is 1.06 bits per heavy atom. The normalized spacial score (nSPS) is 10.5. The molecule has 0 aliphatic heterocycles. The zero-order valence-electron chi connectivity index (χ0n) is 16.5. The van der Waals surface area contributed by atoms with E-state index >= 15 is 0 Å². The summed E-state index contributed by atoms with van der Waals surface area (Å²) in [6, 6.07) is 10.9. The van der Waals surface area contributed by atoms with Gasteiger partial charge in [0.05, 0.1) is 34.8 Å². The van der Waals surface area contributed by atoms with Crippen LogP contribution in [0.3, 0.4) is 0 Å². The average molecular weight is 437 g/mol. The van der Waals surface area contributed by atoms with Gasteiger partial charge in [-0.15, -0.1) is 0 Å². The third kappa shape index (κ3) is 5.18. The van der Waals surface area contributed by atoms with Crippen LogP contribution in [-0.4, -0.2) is 34.1 Å². The van der Waals surface area contributed by atoms with Crippen molar-refractivity contribution in [1.29, 1.82) is 0 Å². The lowest BCUT2D eigenvalue weighted by Gasteiger charge is -2.11. The Labute approximate surface area is 180 Å². The molecule has 2 aromatic carbocycles. The molecule has 0 saturated heterocycles. The molecule has 0 bridgehead atoms. The monoisotopic (exact) mass is 437 g/mol. The van der Waals surface area contributed by atoms with Crippen molar-refractivity contribution in [2.45, 2.75) is 0 Å². The minimum absolute atomic E-state index is 0.140. The summed E-state index contributed by atoms with van der Waals surface area (Å²) in [7, 11) is 1.37. The third-order valence-corrected chi connectivity index (χ3v) is 4.06. The van der Waals surface area contributed by atoms with Crippen molar-refractivity contribution in [2.24, 2.45) is 5.10 Å². The Bertz CT molecular complexity index is 1200. The molecule has 0 spiro atoms. The number of benzene rings is 2. The molecule has 0 atom stereocenters. The molecule has 1 amide bonds. The summed E-state index contributed by atoms with van der Waals surface area (Å²) < 4.78 is 10.8. The minimum atomic E-state index is -0.777. The van der Waals surface area contributed by atoms with Gasteiger partial charge in [-0.25, -0.2) is 5.43 Å². The van der Waals surface area contributed by atoms with Crippen molar-refractivity contribution in [1.82, 2.24) is 10.4 Å². The zero-order valence-corrected chi connectivity index (χ0v) is 16.5. The second-order valence-corrected chi connectivity index (χ2v) is 6.12. The van der Waals surface area contributed by atoms with Crippen molar-refractivity contribution in [3.8, 4) is 17.2 Å². The Balaban J connectivity index is 1.78. The van der Waals surface area contributed by atoms with E-state index in [9.17, 15) is 25.0 Å². The highest BCUT2D eigenvalue weighted by Gasteiger charge is 2.22. The number of carbonyl (C=O) groups excluding carboxylic acids is 1. The Kier molecular flexibility index (Phi) is 6.65. The zero-order chi connectivity index (χ0) is 23.1. The number of methoxy groups -OCH3 is 1. The van der Waals surface area contributed by atoms with Crippen LogP contribution in [0.15, 0.2) is 66.0 Å². The molecule has 1 heterocycles. The van der Waals surface area contributed by atoms with Crippen LogP contribution >= 0.6 is 0 Å². The van der Waals surface area contributed by atoms with Gasteiger partial charge in [0, 0.05) is 18.5 Å². The smallest absolute Gasteiger partial charge is 0.318 e. The van der Waals surface area contributed by atoms with E-state index in [1.54, 1.807) is 24.4 Å². The first-order valence-electron chi connectivity index (χ1n) is 8.91. The number of hydrogen-bond donors (Lipinski definition) is 1. The van der Waals surface area contributed by atoms with E-state index in [4.69, 9.17) is 9.47 Å². The summed E-state index contributed by atoms with van der Waals surface area (Å²) in [5.41, 5.74) is 2.25. The van der Waals surface area contributed by atoms with E-state index in [1.807, 2.05) is 0 Å². The van der Waals surface area contributed by atoms with Gasteiger partial charge < -0.3 is 9.47 Å². The Hall–Kier alpha value is -4.87. The van der Waals surface area contributed by atoms with Crippen LogP contribution in [0.4, 0.5) is 11.4 Å². The number of nitro groups is 2. The second kappa shape index (κ2) is 9.75. The Morgan fingerprint density at radius 2 is 1.84 bits per heavy atom. The maximum atomic E-state index is 12.0. The van der Waals surface area contributed by atoms with Crippen LogP contribution in [0.2, 0.25) is 0 Å². The first kappa shape index (κ1) is 21.8. The van der Waals surface area contributed by atoms with Crippen LogP contribution in [0, 0.1) is 20.2 Å². The predicted octanol–water partition coefficient (Wildman–Crippen LogP) is 3.46. The summed E-state index contributed by atoms with van der Waals surface area (Å²) in [5, 5.41) is 26.0. The van der Waals surface area contributed by atoms with Crippen LogP contribution < -0.4 is 14.9 Å². The van der Waals surface area contributed by atoms with Crippen molar-refractivity contribution >= 4 is 23.5 Å². The molecular weight excluding hydrogens is 422 g/mol. The van der Waals surface area contributed by atoms with E-state index in [-0.39, 0.29) is 17.2 Å². The highest BCUT2D eigenvalue weighted by atomic mass is 16.6. The summed E-state index contributed by atoms with van der Waals surface area (Å²) in [6.07, 6.45) is 4.31. The van der Waals surface area contributed by atoms with E-state index < -0.39 is 27.1 Å². The van der Waals surface area contributed by atoms with E-state index in [1.165, 1.54) is 31.7 Å². The SMILES string of the molecule is COc1cc(/C=N/NC(=O)c2cccnc2)ccc1Oc1ccc([N+](=O)[O-])cc1[N+](=O)[O-]. The lowest BCUT2D eigenvalue weighted by atomic mass is 10.2. The minimum Gasteiger partial charge on any atom is -0.493 e. The molecule has 0 aliphatic carbocycles. The molecular formula is C20H15N5O7. The second-order valence-electron chi connectivity index (χ2n) is 6.12. The molecule has 32 heavy (non-hydrogen) atoms. The molecule has 0 saturated carbocycles. The summed E-state index contributed by atoms with van der Waals surface area (Å²) in [5.74, 6) is -0.267. The van der Waals surface area contributed by atoms with Gasteiger partial charge in [0.1, 0.15) is 0 Å². The number of carbonyl (C=O) groups is 1. The average Bonchev–Trinajstić information content (AvgIpc) is 2.80. The fourth-order valence-corrected chi connectivity index (χ4v) is 2.54. The van der Waals surface area contributed by atoms with Gasteiger partial charge in [-0.3, -0.25) is 30.0 Å². The topological polar surface area (TPSA) is 159 Å². The molecule has 0 fully saturated rings. The number of nitro benzene ring substituents is 2. The lowest BCUT2D eigenvalue weighted by Crippen LogP contribution is -2.17. The molecule has 1 aromatic heterocycles. The van der Waals surface area contributed by atoms with Crippen molar-refractivity contribution in [3.63, 3.8) is 0 Å². The van der Waals surface area contributed by atoms with E-state index in [0.29, 0.717) is 11.1 Å². The molecule has 1 N–H and O–H groups in total. The number of pyridine rings is 1. The highest BCUT2D eigenvalue weighted by Crippen LogP contribution is 2.38. The third-order valence-electron chi connectivity index (χ3n) is 4.06. The van der Waals surface area contributed by atoms with Crippen molar-refractivity contribution < 1.29 is 24.1 Å². The van der Waals surface area contributed by atoms with Gasteiger partial charge in [0.25, 0.3) is 11.6 Å². The van der Waals surface area contributed by atoms with Crippen molar-refractivity contribution in [3.05, 3.63) is 92.3 Å². The van der Waals surface area contributed by atoms with Gasteiger partial charge in [0.15, 0.2) is 11.5 Å². The van der Waals surface area contributed by atoms with Gasteiger partial charge in [-0.1, -0.05) is 0 Å². The molecule has 12 heteroatoms. The molecule has 12 nitrogen and oxygen atoms in total. The highest BCUT2D eigenvalue weighted by molar-refractivity contribution is 5.94. The summed E-state index contributed by atoms with van der Waals surface area (Å²) in [6.45, 7) is 0. The van der Waals surface area contributed by atoms with Crippen LogP contribution in [0.25, 0.3) is 0 Å². The first-order valence-corrected chi connectivity index (χ1v) is 8.91. The number of ether oxygens (including phenoxy) is 2. The van der Waals surface area contributed by atoms with Crippen LogP contribution in [-0.2, 0) is 0 Å². The fourth-order valence-electron chi connectivity index (χ4n) is 2.54. The van der Waals surface area contributed by atoms with Crippen LogP contribution in [0.5, 0.6) is 17.2 Å². The lowest BCUT2D eigenvalue weighted by molar-refractivity contribution is -0.394. The molecule has 162 valence electrons. The molecule has 3 rings (SSSR count). The number of amides is 1. The number of hydrogen-bond acceptors (Lipinski definition) is 9. The number of nitrogens with one attached hydrogen (secondary N) is 1. The van der Waals surface area contributed by atoms with Gasteiger partial charge in [-0.2, -0.15) is 5.10 Å². The van der Waals surface area contributed by atoms with Gasteiger partial charge in [-0.05, 0) is 42.0 Å². The van der Waals surface area contributed by atoms with Gasteiger partial charge in [0.2, 0.25) is 5.75 Å². The summed E-state index contributed by atoms with van der Waals surface area (Å²) >= 11 is 0. The molecule has 3 aromatic rings. The van der Waals surface area contributed by atoms with Crippen molar-refractivity contribution in [2.75, 3.05) is 7.11 Å².